The molecule has 0 aliphatic heterocycles. The third-order valence-corrected chi connectivity index (χ3v) is 2.30. The second-order valence-electron chi connectivity index (χ2n) is 3.66. The number of nitrogens with two attached hydrogens (primary N) is 1. The normalized spacial score (nSPS) is 10.3. The van der Waals surface area contributed by atoms with Crippen LogP contribution in [-0.4, -0.2) is 16.4 Å². The number of benzene rings is 1. The molecule has 2 N–H and O–H groups in total. The number of nitrogens with zero attached hydrogens (tertiary/aromatic N) is 2. The molecule has 4 nitrogen and oxygen atoms in total. The standard InChI is InChI=1S/C12H15N3O/c1-10-3-4-12(11(13)9-10)16-8-7-15-6-2-5-14-15/h2-6,9H,7-8,13H2,1H3. The van der Waals surface area contributed by atoms with Crippen LogP contribution in [0.5, 0.6) is 5.75 Å². The molecular weight excluding hydrogens is 202 g/mol. The summed E-state index contributed by atoms with van der Waals surface area (Å²) >= 11 is 0. The molecule has 0 bridgehead atoms. The van der Waals surface area contributed by atoms with Crippen molar-refractivity contribution >= 4 is 5.69 Å². The van der Waals surface area contributed by atoms with Gasteiger partial charge in [0.1, 0.15) is 12.4 Å². The van der Waals surface area contributed by atoms with Crippen LogP contribution in [0.4, 0.5) is 5.69 Å². The van der Waals surface area contributed by atoms with Crippen LogP contribution in [0.1, 0.15) is 5.56 Å². The van der Waals surface area contributed by atoms with Gasteiger partial charge in [0, 0.05) is 12.4 Å². The maximum atomic E-state index is 5.83. The predicted octanol–water partition coefficient (Wildman–Crippen LogP) is 1.85. The lowest BCUT2D eigenvalue weighted by molar-refractivity contribution is 0.292. The third-order valence-electron chi connectivity index (χ3n) is 2.30. The van der Waals surface area contributed by atoms with Gasteiger partial charge in [0.25, 0.3) is 0 Å². The summed E-state index contributed by atoms with van der Waals surface area (Å²) in [6.07, 6.45) is 3.65. The van der Waals surface area contributed by atoms with E-state index in [2.05, 4.69) is 5.10 Å². The van der Waals surface area contributed by atoms with E-state index < -0.39 is 0 Å². The van der Waals surface area contributed by atoms with E-state index in [0.717, 1.165) is 17.9 Å². The van der Waals surface area contributed by atoms with Crippen LogP contribution in [-0.2, 0) is 6.54 Å². The Labute approximate surface area is 94.6 Å². The van der Waals surface area contributed by atoms with E-state index in [1.165, 1.54) is 0 Å². The SMILES string of the molecule is Cc1ccc(OCCn2cccn2)c(N)c1. The summed E-state index contributed by atoms with van der Waals surface area (Å²) in [5.41, 5.74) is 7.65. The lowest BCUT2D eigenvalue weighted by Gasteiger charge is -2.09. The topological polar surface area (TPSA) is 53.1 Å². The summed E-state index contributed by atoms with van der Waals surface area (Å²) in [6.45, 7) is 3.29. The van der Waals surface area contributed by atoms with Gasteiger partial charge in [-0.15, -0.1) is 0 Å². The van der Waals surface area contributed by atoms with Gasteiger partial charge in [-0.2, -0.15) is 5.10 Å². The molecular formula is C12H15N3O. The number of aromatic nitrogens is 2. The average Bonchev–Trinajstić information content (AvgIpc) is 2.74. The molecule has 2 aromatic rings. The van der Waals surface area contributed by atoms with Crippen LogP contribution in [0.2, 0.25) is 0 Å². The van der Waals surface area contributed by atoms with Gasteiger partial charge < -0.3 is 10.5 Å². The zero-order valence-electron chi connectivity index (χ0n) is 9.26. The molecule has 1 aromatic heterocycles. The highest BCUT2D eigenvalue weighted by Gasteiger charge is 2.00. The Bertz CT molecular complexity index is 451. The highest BCUT2D eigenvalue weighted by Crippen LogP contribution is 2.21. The third kappa shape index (κ3) is 2.53. The Kier molecular flexibility index (Phi) is 3.10. The summed E-state index contributed by atoms with van der Waals surface area (Å²) in [4.78, 5) is 0. The fraction of sp³-hybridized carbons (Fsp3) is 0.250. The number of hydrogen-bond acceptors (Lipinski definition) is 3. The zero-order valence-corrected chi connectivity index (χ0v) is 9.26. The summed E-state index contributed by atoms with van der Waals surface area (Å²) in [6, 6.07) is 7.68. The molecule has 1 aromatic carbocycles. The van der Waals surface area contributed by atoms with Crippen LogP contribution in [0.3, 0.4) is 0 Å². The van der Waals surface area contributed by atoms with Crippen molar-refractivity contribution in [2.24, 2.45) is 0 Å². The minimum atomic E-state index is 0.564. The highest BCUT2D eigenvalue weighted by molar-refractivity contribution is 5.53. The molecule has 0 unspecified atom stereocenters. The monoisotopic (exact) mass is 217 g/mol. The van der Waals surface area contributed by atoms with Crippen molar-refractivity contribution in [3.05, 3.63) is 42.2 Å². The quantitative estimate of drug-likeness (QED) is 0.795. The van der Waals surface area contributed by atoms with Gasteiger partial charge in [-0.1, -0.05) is 6.07 Å². The van der Waals surface area contributed by atoms with Gasteiger partial charge in [-0.25, -0.2) is 0 Å². The smallest absolute Gasteiger partial charge is 0.142 e. The molecule has 0 fully saturated rings. The number of anilines is 1. The number of ether oxygens (including phenoxy) is 1. The fourth-order valence-electron chi connectivity index (χ4n) is 1.48. The first-order valence-electron chi connectivity index (χ1n) is 5.22. The van der Waals surface area contributed by atoms with E-state index >= 15 is 0 Å². The Morgan fingerprint density at radius 3 is 3.00 bits per heavy atom. The first-order valence-corrected chi connectivity index (χ1v) is 5.22. The number of nitrogen functional groups attached to an aromatic ring is 1. The van der Waals surface area contributed by atoms with Crippen molar-refractivity contribution in [3.63, 3.8) is 0 Å². The van der Waals surface area contributed by atoms with Crippen molar-refractivity contribution in [3.8, 4) is 5.75 Å². The zero-order chi connectivity index (χ0) is 11.4. The molecule has 0 aliphatic carbocycles. The molecule has 0 radical (unpaired) electrons. The molecule has 0 aliphatic rings. The first-order chi connectivity index (χ1) is 7.75. The van der Waals surface area contributed by atoms with E-state index in [1.54, 1.807) is 6.20 Å². The second-order valence-corrected chi connectivity index (χ2v) is 3.66. The molecule has 0 saturated carbocycles. The van der Waals surface area contributed by atoms with E-state index in [-0.39, 0.29) is 0 Å². The van der Waals surface area contributed by atoms with Crippen LogP contribution in [0.25, 0.3) is 0 Å². The van der Waals surface area contributed by atoms with Gasteiger partial charge in [-0.05, 0) is 30.7 Å². The van der Waals surface area contributed by atoms with Crippen molar-refractivity contribution in [1.82, 2.24) is 9.78 Å². The molecule has 16 heavy (non-hydrogen) atoms. The average molecular weight is 217 g/mol. The first kappa shape index (κ1) is 10.5. The molecule has 0 amide bonds. The number of rotatable bonds is 4. The van der Waals surface area contributed by atoms with Crippen molar-refractivity contribution < 1.29 is 4.74 Å². The summed E-state index contributed by atoms with van der Waals surface area (Å²) in [5.74, 6) is 0.734. The Morgan fingerprint density at radius 1 is 1.44 bits per heavy atom. The molecule has 0 atom stereocenters. The molecule has 1 heterocycles. The largest absolute Gasteiger partial charge is 0.490 e. The molecule has 2 rings (SSSR count). The van der Waals surface area contributed by atoms with E-state index in [1.807, 2.05) is 42.1 Å². The van der Waals surface area contributed by atoms with Gasteiger partial charge >= 0.3 is 0 Å². The molecule has 4 heteroatoms. The van der Waals surface area contributed by atoms with Crippen LogP contribution >= 0.6 is 0 Å². The molecule has 84 valence electrons. The van der Waals surface area contributed by atoms with Crippen molar-refractivity contribution in [2.75, 3.05) is 12.3 Å². The Hall–Kier alpha value is -1.97. The van der Waals surface area contributed by atoms with Gasteiger partial charge in [-0.3, -0.25) is 4.68 Å². The maximum Gasteiger partial charge on any atom is 0.142 e. The molecule has 0 spiro atoms. The summed E-state index contributed by atoms with van der Waals surface area (Å²) in [5, 5.41) is 4.09. The minimum absolute atomic E-state index is 0.564. The van der Waals surface area contributed by atoms with Crippen LogP contribution in [0, 0.1) is 6.92 Å². The Morgan fingerprint density at radius 2 is 2.31 bits per heavy atom. The summed E-state index contributed by atoms with van der Waals surface area (Å²) < 4.78 is 7.40. The van der Waals surface area contributed by atoms with Gasteiger partial charge in [0.15, 0.2) is 0 Å². The van der Waals surface area contributed by atoms with E-state index in [0.29, 0.717) is 12.3 Å². The van der Waals surface area contributed by atoms with E-state index in [9.17, 15) is 0 Å². The van der Waals surface area contributed by atoms with Crippen molar-refractivity contribution in [2.45, 2.75) is 13.5 Å². The lowest BCUT2D eigenvalue weighted by Crippen LogP contribution is -2.09. The van der Waals surface area contributed by atoms with Gasteiger partial charge in [0.05, 0.1) is 12.2 Å². The maximum absolute atomic E-state index is 5.83. The Balaban J connectivity index is 1.90. The number of aryl methyl sites for hydroxylation is 1. The predicted molar refractivity (Wildman–Crippen MR) is 63.3 cm³/mol. The van der Waals surface area contributed by atoms with Crippen molar-refractivity contribution in [1.29, 1.82) is 0 Å². The van der Waals surface area contributed by atoms with E-state index in [4.69, 9.17) is 10.5 Å². The molecule has 0 saturated heterocycles. The minimum Gasteiger partial charge on any atom is -0.490 e. The lowest BCUT2D eigenvalue weighted by atomic mass is 10.2. The van der Waals surface area contributed by atoms with Gasteiger partial charge in [0.2, 0.25) is 0 Å². The number of hydrogen-bond donors (Lipinski definition) is 1. The summed E-state index contributed by atoms with van der Waals surface area (Å²) in [7, 11) is 0. The highest BCUT2D eigenvalue weighted by atomic mass is 16.5. The van der Waals surface area contributed by atoms with Crippen LogP contribution in [0.15, 0.2) is 36.7 Å². The fourth-order valence-corrected chi connectivity index (χ4v) is 1.48. The second kappa shape index (κ2) is 4.70. The van der Waals surface area contributed by atoms with Crippen LogP contribution < -0.4 is 10.5 Å².